The summed E-state index contributed by atoms with van der Waals surface area (Å²) >= 11 is 1.51. The van der Waals surface area contributed by atoms with Gasteiger partial charge in [0.15, 0.2) is 5.65 Å². The van der Waals surface area contributed by atoms with E-state index in [4.69, 9.17) is 15.6 Å². The van der Waals surface area contributed by atoms with Crippen LogP contribution in [0.15, 0.2) is 64.6 Å². The summed E-state index contributed by atoms with van der Waals surface area (Å²) in [6, 6.07) is 15.1. The van der Waals surface area contributed by atoms with Crippen LogP contribution in [0.3, 0.4) is 0 Å². The zero-order valence-electron chi connectivity index (χ0n) is 19.5. The highest BCUT2D eigenvalue weighted by molar-refractivity contribution is 7.99. The highest BCUT2D eigenvalue weighted by Crippen LogP contribution is 2.32. The van der Waals surface area contributed by atoms with Crippen LogP contribution in [0.25, 0.3) is 16.9 Å². The van der Waals surface area contributed by atoms with Gasteiger partial charge >= 0.3 is 0 Å². The fraction of sp³-hybridized carbons (Fsp3) is 0.240. The topological polar surface area (TPSA) is 115 Å². The van der Waals surface area contributed by atoms with E-state index in [1.165, 1.54) is 11.8 Å². The van der Waals surface area contributed by atoms with Crippen molar-refractivity contribution in [1.82, 2.24) is 14.6 Å². The fourth-order valence-corrected chi connectivity index (χ4v) is 4.31. The molecule has 0 aliphatic carbocycles. The number of benzene rings is 2. The van der Waals surface area contributed by atoms with Gasteiger partial charge in [-0.15, -0.1) is 0 Å². The lowest BCUT2D eigenvalue weighted by atomic mass is 10.0. The molecule has 2 heterocycles. The van der Waals surface area contributed by atoms with Gasteiger partial charge in [-0.1, -0.05) is 17.8 Å². The van der Waals surface area contributed by atoms with Crippen LogP contribution >= 0.6 is 11.8 Å². The quantitative estimate of drug-likeness (QED) is 0.349. The Kier molecular flexibility index (Phi) is 6.49. The summed E-state index contributed by atoms with van der Waals surface area (Å²) in [5.41, 5.74) is 8.85. The average Bonchev–Trinajstić information content (AvgIpc) is 3.21. The third-order valence-electron chi connectivity index (χ3n) is 5.23. The number of hydrogen-bond acceptors (Lipinski definition) is 7. The van der Waals surface area contributed by atoms with Crippen molar-refractivity contribution in [1.29, 1.82) is 0 Å². The first-order chi connectivity index (χ1) is 16.1. The van der Waals surface area contributed by atoms with E-state index < -0.39 is 11.5 Å². The van der Waals surface area contributed by atoms with Crippen LogP contribution in [0.1, 0.15) is 29.8 Å². The number of methoxy groups -OCH3 is 1. The minimum Gasteiger partial charge on any atom is -0.497 e. The number of carbonyl (C=O) groups excluding carboxylic acids is 1. The highest BCUT2D eigenvalue weighted by atomic mass is 32.2. The number of nitrogens with two attached hydrogens (primary N) is 1. The number of carbonyl (C=O) groups is 1. The second-order valence-electron chi connectivity index (χ2n) is 8.61. The number of hydrogen-bond donors (Lipinski definition) is 3. The normalized spacial score (nSPS) is 11.6. The Labute approximate surface area is 202 Å². The molecule has 0 atom stereocenters. The van der Waals surface area contributed by atoms with Crippen molar-refractivity contribution in [3.05, 3.63) is 65.9 Å². The number of aromatic nitrogens is 3. The largest absolute Gasteiger partial charge is 0.497 e. The molecule has 0 saturated carbocycles. The van der Waals surface area contributed by atoms with Gasteiger partial charge in [0.05, 0.1) is 30.3 Å². The molecule has 0 fully saturated rings. The zero-order chi connectivity index (χ0) is 24.5. The molecule has 0 bridgehead atoms. The average molecular weight is 478 g/mol. The number of aliphatic hydroxyl groups is 1. The summed E-state index contributed by atoms with van der Waals surface area (Å²) in [7, 11) is 1.64. The lowest BCUT2D eigenvalue weighted by Crippen LogP contribution is -2.29. The lowest BCUT2D eigenvalue weighted by molar-refractivity contribution is 0.0944. The third-order valence-corrected chi connectivity index (χ3v) is 6.14. The number of ether oxygens (including phenoxy) is 1. The monoisotopic (exact) mass is 477 g/mol. The molecule has 0 saturated heterocycles. The van der Waals surface area contributed by atoms with Crippen molar-refractivity contribution in [3.8, 4) is 17.0 Å². The molecule has 2 aromatic heterocycles. The molecule has 0 aliphatic heterocycles. The van der Waals surface area contributed by atoms with Crippen molar-refractivity contribution >= 4 is 29.0 Å². The summed E-state index contributed by atoms with van der Waals surface area (Å²) in [5, 5.41) is 19.1. The van der Waals surface area contributed by atoms with Crippen LogP contribution in [-0.4, -0.2) is 44.9 Å². The lowest BCUT2D eigenvalue weighted by Gasteiger charge is -2.19. The van der Waals surface area contributed by atoms with Gasteiger partial charge in [0.2, 0.25) is 5.91 Å². The van der Waals surface area contributed by atoms with Crippen molar-refractivity contribution < 1.29 is 14.6 Å². The van der Waals surface area contributed by atoms with Gasteiger partial charge in [-0.05, 0) is 68.8 Å². The van der Waals surface area contributed by atoms with Gasteiger partial charge in [-0.2, -0.15) is 5.10 Å². The zero-order valence-corrected chi connectivity index (χ0v) is 20.3. The molecule has 1 amide bonds. The maximum atomic E-state index is 11.6. The smallest absolute Gasteiger partial charge is 0.248 e. The van der Waals surface area contributed by atoms with Crippen molar-refractivity contribution in [2.75, 3.05) is 19.0 Å². The predicted molar refractivity (Wildman–Crippen MR) is 134 cm³/mol. The summed E-state index contributed by atoms with van der Waals surface area (Å²) < 4.78 is 7.02. The van der Waals surface area contributed by atoms with Crippen molar-refractivity contribution in [2.45, 2.75) is 36.3 Å². The summed E-state index contributed by atoms with van der Waals surface area (Å²) in [5.74, 6) is 0.323. The molecule has 0 aliphatic rings. The first kappa shape index (κ1) is 23.6. The van der Waals surface area contributed by atoms with Crippen LogP contribution in [-0.2, 0) is 0 Å². The number of imidazole rings is 1. The van der Waals surface area contributed by atoms with E-state index in [1.807, 2.05) is 49.4 Å². The van der Waals surface area contributed by atoms with E-state index in [0.717, 1.165) is 38.2 Å². The standard InChI is InChI=1S/C25H27N5O3S/c1-15-11-16(5-10-19(15)23(26)31)21-13-27-24-20(28-14-25(2,3)32)12-22(29-30(21)24)34-18-8-6-17(33-4)7-9-18/h5-13,28,32H,14H2,1-4H3,(H2,26,31). The molecular weight excluding hydrogens is 450 g/mol. The molecule has 4 N–H and O–H groups in total. The Morgan fingerprint density at radius 3 is 2.56 bits per heavy atom. The first-order valence-electron chi connectivity index (χ1n) is 10.7. The molecule has 176 valence electrons. The molecule has 0 spiro atoms. The van der Waals surface area contributed by atoms with Crippen LogP contribution < -0.4 is 15.8 Å². The Morgan fingerprint density at radius 1 is 1.21 bits per heavy atom. The van der Waals surface area contributed by atoms with E-state index >= 15 is 0 Å². The summed E-state index contributed by atoms with van der Waals surface area (Å²) in [6.07, 6.45) is 1.75. The Bertz CT molecular complexity index is 1340. The van der Waals surface area contributed by atoms with Crippen LogP contribution in [0.2, 0.25) is 0 Å². The van der Waals surface area contributed by atoms with Gasteiger partial charge in [0, 0.05) is 22.6 Å². The number of nitrogens with zero attached hydrogens (tertiary/aromatic N) is 3. The number of primary amides is 1. The molecule has 2 aromatic carbocycles. The number of aryl methyl sites for hydroxylation is 1. The van der Waals surface area contributed by atoms with Crippen molar-refractivity contribution in [2.24, 2.45) is 5.73 Å². The van der Waals surface area contributed by atoms with Crippen LogP contribution in [0.5, 0.6) is 5.75 Å². The third kappa shape index (κ3) is 5.16. The van der Waals surface area contributed by atoms with Crippen LogP contribution in [0, 0.1) is 6.92 Å². The molecule has 4 aromatic rings. The van der Waals surface area contributed by atoms with E-state index in [2.05, 4.69) is 10.3 Å². The maximum Gasteiger partial charge on any atom is 0.248 e. The Hall–Kier alpha value is -3.56. The molecule has 0 unspecified atom stereocenters. The van der Waals surface area contributed by atoms with Gasteiger partial charge < -0.3 is 20.9 Å². The molecule has 9 heteroatoms. The molecule has 8 nitrogen and oxygen atoms in total. The van der Waals surface area contributed by atoms with Gasteiger partial charge in [-0.3, -0.25) is 4.79 Å². The molecule has 0 radical (unpaired) electrons. The number of amides is 1. The SMILES string of the molecule is COc1ccc(Sc2cc(NCC(C)(C)O)c3ncc(-c4ccc(C(N)=O)c(C)c4)n3n2)cc1. The molecule has 4 rings (SSSR count). The van der Waals surface area contributed by atoms with Gasteiger partial charge in [-0.25, -0.2) is 9.50 Å². The number of anilines is 1. The Morgan fingerprint density at radius 2 is 1.94 bits per heavy atom. The second kappa shape index (κ2) is 9.36. The second-order valence-corrected chi connectivity index (χ2v) is 9.71. The van der Waals surface area contributed by atoms with Crippen molar-refractivity contribution in [3.63, 3.8) is 0 Å². The van der Waals surface area contributed by atoms with E-state index in [0.29, 0.717) is 17.8 Å². The van der Waals surface area contributed by atoms with E-state index in [-0.39, 0.29) is 0 Å². The number of rotatable bonds is 8. The summed E-state index contributed by atoms with van der Waals surface area (Å²) in [6.45, 7) is 5.67. The predicted octanol–water partition coefficient (Wildman–Crippen LogP) is 4.15. The first-order valence-corrected chi connectivity index (χ1v) is 11.5. The fourth-order valence-electron chi connectivity index (χ4n) is 3.50. The molecule has 34 heavy (non-hydrogen) atoms. The minimum absolute atomic E-state index is 0.341. The van der Waals surface area contributed by atoms with E-state index in [9.17, 15) is 9.90 Å². The number of fused-ring (bicyclic) bond motifs is 1. The van der Waals surface area contributed by atoms with E-state index in [1.54, 1.807) is 37.7 Å². The van der Waals surface area contributed by atoms with Gasteiger partial charge in [0.1, 0.15) is 10.8 Å². The molecular formula is C25H27N5O3S. The number of nitrogens with one attached hydrogen (secondary N) is 1. The maximum absolute atomic E-state index is 11.6. The summed E-state index contributed by atoms with van der Waals surface area (Å²) in [4.78, 5) is 17.2. The highest BCUT2D eigenvalue weighted by Gasteiger charge is 2.18. The van der Waals surface area contributed by atoms with Crippen LogP contribution in [0.4, 0.5) is 5.69 Å². The Balaban J connectivity index is 1.79. The van der Waals surface area contributed by atoms with Gasteiger partial charge in [0.25, 0.3) is 0 Å². The minimum atomic E-state index is -0.902.